The maximum absolute atomic E-state index is 11.7. The van der Waals surface area contributed by atoms with Crippen molar-refractivity contribution < 1.29 is 4.79 Å². The minimum atomic E-state index is -0.113. The summed E-state index contributed by atoms with van der Waals surface area (Å²) < 4.78 is 2.09. The zero-order valence-electron chi connectivity index (χ0n) is 12.1. The number of carbonyl (C=O) groups excluding carboxylic acids is 1. The third-order valence-electron chi connectivity index (χ3n) is 3.41. The van der Waals surface area contributed by atoms with Gasteiger partial charge in [0.2, 0.25) is 5.91 Å². The van der Waals surface area contributed by atoms with Crippen LogP contribution < -0.4 is 5.43 Å². The van der Waals surface area contributed by atoms with Crippen LogP contribution in [0.5, 0.6) is 0 Å². The average Bonchev–Trinajstić information content (AvgIpc) is 2.67. The number of aromatic nitrogens is 1. The van der Waals surface area contributed by atoms with Crippen LogP contribution in [0, 0.1) is 13.8 Å². The maximum Gasteiger partial charge on any atom is 0.244 e. The van der Waals surface area contributed by atoms with Crippen molar-refractivity contribution in [1.82, 2.24) is 9.99 Å². The number of rotatable bonds is 4. The van der Waals surface area contributed by atoms with E-state index in [1.807, 2.05) is 57.3 Å². The number of hydrogen-bond acceptors (Lipinski definition) is 2. The first-order valence-electron chi connectivity index (χ1n) is 6.56. The molecule has 0 fully saturated rings. The molecule has 1 aromatic carbocycles. The van der Waals surface area contributed by atoms with Crippen molar-refractivity contribution >= 4 is 12.1 Å². The molecule has 1 heterocycles. The van der Waals surface area contributed by atoms with Gasteiger partial charge in [-0.25, -0.2) is 5.43 Å². The summed E-state index contributed by atoms with van der Waals surface area (Å²) in [6, 6.07) is 11.7. The SMILES string of the molecule is Cc1cc(/C=N\NC(=O)Cc2ccccc2)c(C)n1C. The van der Waals surface area contributed by atoms with E-state index in [4.69, 9.17) is 0 Å². The zero-order valence-corrected chi connectivity index (χ0v) is 12.1. The molecule has 0 radical (unpaired) electrons. The van der Waals surface area contributed by atoms with Gasteiger partial charge in [0.05, 0.1) is 12.6 Å². The Morgan fingerprint density at radius 2 is 2.00 bits per heavy atom. The topological polar surface area (TPSA) is 46.4 Å². The van der Waals surface area contributed by atoms with Crippen LogP contribution in [0.1, 0.15) is 22.5 Å². The molecule has 20 heavy (non-hydrogen) atoms. The molecule has 0 spiro atoms. The fourth-order valence-corrected chi connectivity index (χ4v) is 2.01. The summed E-state index contributed by atoms with van der Waals surface area (Å²) in [5, 5.41) is 4.02. The van der Waals surface area contributed by atoms with E-state index in [1.165, 1.54) is 5.69 Å². The molecule has 0 aliphatic heterocycles. The second-order valence-electron chi connectivity index (χ2n) is 4.84. The number of hydrogen-bond donors (Lipinski definition) is 1. The summed E-state index contributed by atoms with van der Waals surface area (Å²) in [4.78, 5) is 11.7. The van der Waals surface area contributed by atoms with Crippen LogP contribution in [0.15, 0.2) is 41.5 Å². The van der Waals surface area contributed by atoms with Crippen LogP contribution >= 0.6 is 0 Å². The van der Waals surface area contributed by atoms with Crippen molar-refractivity contribution in [2.75, 3.05) is 0 Å². The van der Waals surface area contributed by atoms with Gasteiger partial charge in [0.15, 0.2) is 0 Å². The lowest BCUT2D eigenvalue weighted by Gasteiger charge is -2.00. The van der Waals surface area contributed by atoms with E-state index in [2.05, 4.69) is 15.1 Å². The van der Waals surface area contributed by atoms with E-state index in [1.54, 1.807) is 6.21 Å². The molecule has 104 valence electrons. The molecule has 0 atom stereocenters. The molecule has 0 unspecified atom stereocenters. The number of hydrazone groups is 1. The molecule has 0 bridgehead atoms. The Kier molecular flexibility index (Phi) is 4.35. The fraction of sp³-hybridized carbons (Fsp3) is 0.250. The Morgan fingerprint density at radius 1 is 1.30 bits per heavy atom. The van der Waals surface area contributed by atoms with Gasteiger partial charge in [0.25, 0.3) is 0 Å². The van der Waals surface area contributed by atoms with Crippen molar-refractivity contribution in [2.45, 2.75) is 20.3 Å². The predicted molar refractivity (Wildman–Crippen MR) is 80.8 cm³/mol. The summed E-state index contributed by atoms with van der Waals surface area (Å²) in [6.45, 7) is 4.07. The van der Waals surface area contributed by atoms with Crippen molar-refractivity contribution in [2.24, 2.45) is 12.1 Å². The quantitative estimate of drug-likeness (QED) is 0.672. The van der Waals surface area contributed by atoms with E-state index in [0.29, 0.717) is 6.42 Å². The van der Waals surface area contributed by atoms with Gasteiger partial charge >= 0.3 is 0 Å². The van der Waals surface area contributed by atoms with Gasteiger partial charge in [-0.1, -0.05) is 30.3 Å². The highest BCUT2D eigenvalue weighted by Crippen LogP contribution is 2.10. The lowest BCUT2D eigenvalue weighted by molar-refractivity contribution is -0.120. The molecule has 0 aliphatic carbocycles. The molecule has 4 nitrogen and oxygen atoms in total. The first-order valence-corrected chi connectivity index (χ1v) is 6.56. The van der Waals surface area contributed by atoms with E-state index in [0.717, 1.165) is 16.8 Å². The van der Waals surface area contributed by atoms with E-state index in [9.17, 15) is 4.79 Å². The smallest absolute Gasteiger partial charge is 0.244 e. The third-order valence-corrected chi connectivity index (χ3v) is 3.41. The van der Waals surface area contributed by atoms with Crippen molar-refractivity contribution in [3.63, 3.8) is 0 Å². The van der Waals surface area contributed by atoms with Gasteiger partial charge < -0.3 is 4.57 Å². The lowest BCUT2D eigenvalue weighted by Crippen LogP contribution is -2.19. The largest absolute Gasteiger partial charge is 0.352 e. The van der Waals surface area contributed by atoms with Crippen molar-refractivity contribution in [3.8, 4) is 0 Å². The van der Waals surface area contributed by atoms with Gasteiger partial charge in [-0.15, -0.1) is 0 Å². The van der Waals surface area contributed by atoms with Crippen LogP contribution in [0.4, 0.5) is 0 Å². The molecule has 2 rings (SSSR count). The van der Waals surface area contributed by atoms with E-state index < -0.39 is 0 Å². The molecule has 1 aromatic heterocycles. The minimum absolute atomic E-state index is 0.113. The maximum atomic E-state index is 11.7. The molecule has 2 aromatic rings. The van der Waals surface area contributed by atoms with Crippen LogP contribution in [0.3, 0.4) is 0 Å². The third kappa shape index (κ3) is 3.35. The Balaban J connectivity index is 1.93. The predicted octanol–water partition coefficient (Wildman–Crippen LogP) is 2.33. The van der Waals surface area contributed by atoms with Gasteiger partial charge in [-0.2, -0.15) is 5.10 Å². The molecular weight excluding hydrogens is 250 g/mol. The average molecular weight is 269 g/mol. The molecule has 0 aliphatic rings. The summed E-state index contributed by atoms with van der Waals surface area (Å²) in [7, 11) is 2.01. The van der Waals surface area contributed by atoms with Crippen molar-refractivity contribution in [1.29, 1.82) is 0 Å². The second-order valence-corrected chi connectivity index (χ2v) is 4.84. The van der Waals surface area contributed by atoms with Crippen molar-refractivity contribution in [3.05, 3.63) is 58.9 Å². The number of aryl methyl sites for hydroxylation is 1. The van der Waals surface area contributed by atoms with Crippen LogP contribution in [0.25, 0.3) is 0 Å². The summed E-state index contributed by atoms with van der Waals surface area (Å²) in [6.07, 6.45) is 2.02. The van der Waals surface area contributed by atoms with E-state index >= 15 is 0 Å². The number of amides is 1. The molecule has 0 saturated heterocycles. The van der Waals surface area contributed by atoms with Gasteiger partial charge in [0.1, 0.15) is 0 Å². The van der Waals surface area contributed by atoms with Gasteiger partial charge in [-0.05, 0) is 25.5 Å². The molecule has 1 amide bonds. The highest BCUT2D eigenvalue weighted by Gasteiger charge is 2.04. The number of nitrogens with zero attached hydrogens (tertiary/aromatic N) is 2. The summed E-state index contributed by atoms with van der Waals surface area (Å²) in [5.41, 5.74) is 6.85. The number of benzene rings is 1. The van der Waals surface area contributed by atoms with Gasteiger partial charge in [-0.3, -0.25) is 4.79 Å². The summed E-state index contributed by atoms with van der Waals surface area (Å²) in [5.74, 6) is -0.113. The zero-order chi connectivity index (χ0) is 14.5. The monoisotopic (exact) mass is 269 g/mol. The first-order chi connectivity index (χ1) is 9.58. The normalized spacial score (nSPS) is 10.9. The van der Waals surface area contributed by atoms with Gasteiger partial charge in [0, 0.05) is 24.0 Å². The minimum Gasteiger partial charge on any atom is -0.352 e. The lowest BCUT2D eigenvalue weighted by atomic mass is 10.1. The van der Waals surface area contributed by atoms with E-state index in [-0.39, 0.29) is 5.91 Å². The Bertz CT molecular complexity index is 627. The summed E-state index contributed by atoms with van der Waals surface area (Å²) >= 11 is 0. The Morgan fingerprint density at radius 3 is 2.60 bits per heavy atom. The molecule has 0 saturated carbocycles. The molecule has 4 heteroatoms. The standard InChI is InChI=1S/C16H19N3O/c1-12-9-15(13(2)19(12)3)11-17-18-16(20)10-14-7-5-4-6-8-14/h4-9,11H,10H2,1-3H3,(H,18,20)/b17-11-. The fourth-order valence-electron chi connectivity index (χ4n) is 2.01. The molecule has 1 N–H and O–H groups in total. The van der Waals surface area contributed by atoms with Crippen LogP contribution in [0.2, 0.25) is 0 Å². The van der Waals surface area contributed by atoms with Crippen LogP contribution in [-0.2, 0) is 18.3 Å². The number of carbonyl (C=O) groups is 1. The second kappa shape index (κ2) is 6.19. The first kappa shape index (κ1) is 14.1. The Hall–Kier alpha value is -2.36. The highest BCUT2D eigenvalue weighted by molar-refractivity contribution is 5.84. The van der Waals surface area contributed by atoms with Crippen LogP contribution in [-0.4, -0.2) is 16.7 Å². The Labute approximate surface area is 119 Å². The number of nitrogens with one attached hydrogen (secondary N) is 1. The highest BCUT2D eigenvalue weighted by atomic mass is 16.2. The molecular formula is C16H19N3O.